The second-order valence-electron chi connectivity index (χ2n) is 7.10. The average Bonchev–Trinajstić information content (AvgIpc) is 2.69. The third kappa shape index (κ3) is 7.47. The fourth-order valence-corrected chi connectivity index (χ4v) is 4.12. The van der Waals surface area contributed by atoms with Gasteiger partial charge in [0, 0.05) is 38.8 Å². The van der Waals surface area contributed by atoms with Gasteiger partial charge in [-0.05, 0) is 31.0 Å². The van der Waals surface area contributed by atoms with Crippen molar-refractivity contribution in [3.63, 3.8) is 0 Å². The number of nitrogens with zero attached hydrogens (tertiary/aromatic N) is 2. The fourth-order valence-electron chi connectivity index (χ4n) is 2.90. The number of pyridine rings is 1. The lowest BCUT2D eigenvalue weighted by atomic mass is 10.2. The minimum Gasteiger partial charge on any atom is -0.370 e. The number of sulfonamides is 1. The highest BCUT2D eigenvalue weighted by atomic mass is 32.2. The summed E-state index contributed by atoms with van der Waals surface area (Å²) in [6, 6.07) is 12.8. The molecule has 0 aliphatic heterocycles. The van der Waals surface area contributed by atoms with E-state index < -0.39 is 10.0 Å². The van der Waals surface area contributed by atoms with Crippen LogP contribution in [0.5, 0.6) is 0 Å². The molecule has 1 unspecified atom stereocenters. The van der Waals surface area contributed by atoms with Crippen molar-refractivity contribution >= 4 is 21.7 Å². The van der Waals surface area contributed by atoms with Crippen molar-refractivity contribution in [2.45, 2.75) is 50.6 Å². The third-order valence-corrected chi connectivity index (χ3v) is 6.03. The van der Waals surface area contributed by atoms with Gasteiger partial charge in [-0.25, -0.2) is 18.1 Å². The van der Waals surface area contributed by atoms with Crippen molar-refractivity contribution in [2.24, 2.45) is 0 Å². The maximum atomic E-state index is 12.3. The zero-order valence-corrected chi connectivity index (χ0v) is 18.1. The Morgan fingerprint density at radius 1 is 1.17 bits per heavy atom. The van der Waals surface area contributed by atoms with E-state index in [-0.39, 0.29) is 16.8 Å². The highest BCUT2D eigenvalue weighted by Crippen LogP contribution is 2.12. The Labute approximate surface area is 173 Å². The Hall–Kier alpha value is -2.45. The van der Waals surface area contributed by atoms with Gasteiger partial charge in [0.1, 0.15) is 10.7 Å². The molecule has 2 aromatic rings. The summed E-state index contributed by atoms with van der Waals surface area (Å²) >= 11 is 0. The largest absolute Gasteiger partial charge is 0.370 e. The summed E-state index contributed by atoms with van der Waals surface area (Å²) < 4.78 is 27.3. The minimum absolute atomic E-state index is 0.0228. The van der Waals surface area contributed by atoms with Crippen molar-refractivity contribution in [2.75, 3.05) is 18.9 Å². The van der Waals surface area contributed by atoms with Gasteiger partial charge in [0.2, 0.25) is 15.9 Å². The predicted octanol–water partition coefficient (Wildman–Crippen LogP) is 3.01. The monoisotopic (exact) mass is 418 g/mol. The molecule has 0 aliphatic rings. The molecule has 0 fully saturated rings. The van der Waals surface area contributed by atoms with E-state index in [1.54, 1.807) is 18.0 Å². The predicted molar refractivity (Wildman–Crippen MR) is 115 cm³/mol. The summed E-state index contributed by atoms with van der Waals surface area (Å²) in [5, 5.41) is 3.06. The first-order chi connectivity index (χ1) is 13.8. The zero-order valence-electron chi connectivity index (χ0n) is 17.3. The van der Waals surface area contributed by atoms with E-state index in [1.165, 1.54) is 12.3 Å². The molecule has 0 radical (unpaired) electrons. The molecule has 1 heterocycles. The highest BCUT2D eigenvalue weighted by molar-refractivity contribution is 7.89. The van der Waals surface area contributed by atoms with E-state index in [9.17, 15) is 13.2 Å². The molecular weight excluding hydrogens is 388 g/mol. The summed E-state index contributed by atoms with van der Waals surface area (Å²) in [6.45, 7) is 4.84. The second-order valence-corrected chi connectivity index (χ2v) is 8.82. The molecule has 8 heteroatoms. The number of carbonyl (C=O) groups excluding carboxylic acids is 1. The molecule has 7 nitrogen and oxygen atoms in total. The number of carbonyl (C=O) groups is 1. The molecule has 2 N–H and O–H groups in total. The zero-order chi connectivity index (χ0) is 21.3. The molecule has 0 saturated carbocycles. The van der Waals surface area contributed by atoms with Crippen LogP contribution in [0.2, 0.25) is 0 Å². The molecule has 0 aliphatic carbocycles. The normalized spacial score (nSPS) is 12.4. The number of anilines is 1. The molecule has 0 bridgehead atoms. The maximum Gasteiger partial charge on any atom is 0.242 e. The van der Waals surface area contributed by atoms with E-state index in [0.29, 0.717) is 25.3 Å². The van der Waals surface area contributed by atoms with Crippen molar-refractivity contribution in [3.05, 3.63) is 54.2 Å². The number of hydrogen-bond donors (Lipinski definition) is 2. The molecule has 1 aromatic heterocycles. The van der Waals surface area contributed by atoms with Crippen molar-refractivity contribution < 1.29 is 13.2 Å². The second kappa shape index (κ2) is 10.9. The molecule has 158 valence electrons. The van der Waals surface area contributed by atoms with Crippen LogP contribution in [-0.2, 0) is 21.4 Å². The number of nitrogens with one attached hydrogen (secondary N) is 2. The first-order valence-electron chi connectivity index (χ1n) is 9.82. The standard InChI is InChI=1S/C21H30N4O3S/c1-4-8-17(2)24-29(27,28)19-11-12-20(23-15-19)22-14-13-21(26)25(3)16-18-9-6-5-7-10-18/h5-7,9-12,15,17,24H,4,8,13-14,16H2,1-3H3,(H,22,23). The summed E-state index contributed by atoms with van der Waals surface area (Å²) in [5.74, 6) is 0.554. The van der Waals surface area contributed by atoms with Crippen molar-refractivity contribution in [1.29, 1.82) is 0 Å². The molecule has 0 spiro atoms. The van der Waals surface area contributed by atoms with Gasteiger partial charge in [-0.1, -0.05) is 43.7 Å². The van der Waals surface area contributed by atoms with E-state index >= 15 is 0 Å². The van der Waals surface area contributed by atoms with Gasteiger partial charge < -0.3 is 10.2 Å². The van der Waals surface area contributed by atoms with Crippen LogP contribution in [0.1, 0.15) is 38.7 Å². The van der Waals surface area contributed by atoms with Gasteiger partial charge in [-0.3, -0.25) is 4.79 Å². The smallest absolute Gasteiger partial charge is 0.242 e. The van der Waals surface area contributed by atoms with Crippen LogP contribution in [0.4, 0.5) is 5.82 Å². The van der Waals surface area contributed by atoms with Crippen LogP contribution in [0, 0.1) is 0 Å². The Bertz CT molecular complexity index is 871. The molecule has 1 aromatic carbocycles. The summed E-state index contributed by atoms with van der Waals surface area (Å²) in [7, 11) is -1.80. The molecular formula is C21H30N4O3S. The van der Waals surface area contributed by atoms with Crippen LogP contribution in [0.15, 0.2) is 53.6 Å². The van der Waals surface area contributed by atoms with Crippen LogP contribution in [0.25, 0.3) is 0 Å². The van der Waals surface area contributed by atoms with E-state index in [2.05, 4.69) is 15.0 Å². The van der Waals surface area contributed by atoms with Crippen LogP contribution < -0.4 is 10.0 Å². The molecule has 0 saturated heterocycles. The fraction of sp³-hybridized carbons (Fsp3) is 0.429. The number of aromatic nitrogens is 1. The highest BCUT2D eigenvalue weighted by Gasteiger charge is 2.17. The summed E-state index contributed by atoms with van der Waals surface area (Å²) in [6.07, 6.45) is 3.33. The van der Waals surface area contributed by atoms with Gasteiger partial charge in [-0.15, -0.1) is 0 Å². The minimum atomic E-state index is -3.57. The Kier molecular flexibility index (Phi) is 8.60. The average molecular weight is 419 g/mol. The molecule has 29 heavy (non-hydrogen) atoms. The summed E-state index contributed by atoms with van der Waals surface area (Å²) in [4.78, 5) is 18.2. The maximum absolute atomic E-state index is 12.3. The lowest BCUT2D eigenvalue weighted by molar-refractivity contribution is -0.130. The first kappa shape index (κ1) is 22.8. The molecule has 1 amide bonds. The number of rotatable bonds is 11. The van der Waals surface area contributed by atoms with Gasteiger partial charge in [0.15, 0.2) is 0 Å². The van der Waals surface area contributed by atoms with Crippen LogP contribution >= 0.6 is 0 Å². The number of hydrogen-bond acceptors (Lipinski definition) is 5. The lowest BCUT2D eigenvalue weighted by Crippen LogP contribution is -2.32. The van der Waals surface area contributed by atoms with Gasteiger partial charge in [0.05, 0.1) is 0 Å². The first-order valence-corrected chi connectivity index (χ1v) is 11.3. The number of benzene rings is 1. The van der Waals surface area contributed by atoms with Gasteiger partial charge in [-0.2, -0.15) is 0 Å². The quantitative estimate of drug-likeness (QED) is 0.585. The van der Waals surface area contributed by atoms with Crippen molar-refractivity contribution in [1.82, 2.24) is 14.6 Å². The SMILES string of the molecule is CCCC(C)NS(=O)(=O)c1ccc(NCCC(=O)N(C)Cc2ccccc2)nc1. The van der Waals surface area contributed by atoms with E-state index in [4.69, 9.17) is 0 Å². The molecule has 1 atom stereocenters. The Morgan fingerprint density at radius 2 is 1.90 bits per heavy atom. The summed E-state index contributed by atoms with van der Waals surface area (Å²) in [5.41, 5.74) is 1.08. The van der Waals surface area contributed by atoms with Crippen LogP contribution in [0.3, 0.4) is 0 Å². The van der Waals surface area contributed by atoms with Gasteiger partial charge >= 0.3 is 0 Å². The third-order valence-electron chi connectivity index (χ3n) is 4.46. The van der Waals surface area contributed by atoms with Crippen LogP contribution in [-0.4, -0.2) is 43.8 Å². The Morgan fingerprint density at radius 3 is 2.52 bits per heavy atom. The topological polar surface area (TPSA) is 91.4 Å². The van der Waals surface area contributed by atoms with Crippen molar-refractivity contribution in [3.8, 4) is 0 Å². The van der Waals surface area contributed by atoms with E-state index in [1.807, 2.05) is 44.2 Å². The van der Waals surface area contributed by atoms with Gasteiger partial charge in [0.25, 0.3) is 0 Å². The Balaban J connectivity index is 1.81. The van der Waals surface area contributed by atoms with E-state index in [0.717, 1.165) is 18.4 Å². The lowest BCUT2D eigenvalue weighted by Gasteiger charge is -2.17. The molecule has 2 rings (SSSR count). The number of amides is 1.